The number of hydrogen-bond acceptors (Lipinski definition) is 6. The molecule has 0 aliphatic carbocycles. The molecule has 8 nitrogen and oxygen atoms in total. The van der Waals surface area contributed by atoms with Crippen molar-refractivity contribution in [1.29, 1.82) is 0 Å². The van der Waals surface area contributed by atoms with Crippen LogP contribution in [0.3, 0.4) is 0 Å². The van der Waals surface area contributed by atoms with Crippen molar-refractivity contribution in [3.05, 3.63) is 66.0 Å². The highest BCUT2D eigenvalue weighted by Crippen LogP contribution is 2.50. The highest BCUT2D eigenvalue weighted by molar-refractivity contribution is 7.52. The largest absolute Gasteiger partial charge is 0.487 e. The smallest absolute Gasteiger partial charge is 0.346 e. The molecule has 0 amide bonds. The highest BCUT2D eigenvalue weighted by atomic mass is 31.2. The summed E-state index contributed by atoms with van der Waals surface area (Å²) in [5.41, 5.74) is 9.73. The zero-order valence-electron chi connectivity index (χ0n) is 15.5. The summed E-state index contributed by atoms with van der Waals surface area (Å²) in [5, 5.41) is 2.93. The summed E-state index contributed by atoms with van der Waals surface area (Å²) in [5.74, 6) is 4.52. The zero-order chi connectivity index (χ0) is 20.3. The van der Waals surface area contributed by atoms with E-state index in [4.69, 9.17) is 16.3 Å². The van der Waals surface area contributed by atoms with Crippen molar-refractivity contribution < 1.29 is 19.1 Å². The minimum absolute atomic E-state index is 0.134. The monoisotopic (exact) mass is 396 g/mol. The van der Waals surface area contributed by atoms with Crippen LogP contribution in [0.4, 0.5) is 0 Å². The number of nitrogens with one attached hydrogen (secondary N) is 2. The van der Waals surface area contributed by atoms with Gasteiger partial charge in [-0.15, -0.1) is 0 Å². The van der Waals surface area contributed by atoms with Crippen molar-refractivity contribution in [1.82, 2.24) is 10.7 Å². The lowest BCUT2D eigenvalue weighted by Gasteiger charge is -2.21. The Labute approximate surface area is 160 Å². The summed E-state index contributed by atoms with van der Waals surface area (Å²) in [6, 6.07) is 6.47. The number of rotatable bonds is 12. The van der Waals surface area contributed by atoms with Gasteiger partial charge in [-0.1, -0.05) is 44.2 Å². The number of benzene rings is 1. The maximum absolute atomic E-state index is 11.9. The Kier molecular flexibility index (Phi) is 9.85. The van der Waals surface area contributed by atoms with Gasteiger partial charge in [-0.25, -0.2) is 0 Å². The molecule has 8 N–H and O–H groups in total. The van der Waals surface area contributed by atoms with E-state index in [1.165, 1.54) is 6.20 Å². The molecule has 0 fully saturated rings. The second-order valence-corrected chi connectivity index (χ2v) is 7.58. The molecule has 0 aromatic heterocycles. The molecule has 0 aliphatic heterocycles. The second-order valence-electron chi connectivity index (χ2n) is 5.89. The Morgan fingerprint density at radius 3 is 2.56 bits per heavy atom. The van der Waals surface area contributed by atoms with Crippen LogP contribution in [0.25, 0.3) is 0 Å². The third kappa shape index (κ3) is 8.43. The quantitative estimate of drug-likeness (QED) is 0.136. The third-order valence-electron chi connectivity index (χ3n) is 3.66. The molecule has 150 valence electrons. The van der Waals surface area contributed by atoms with Gasteiger partial charge in [0.2, 0.25) is 0 Å². The number of unbranched alkanes of at least 4 members (excludes halogenated alkanes) is 1. The topological polar surface area (TPSA) is 143 Å². The predicted molar refractivity (Wildman–Crippen MR) is 108 cm³/mol. The summed E-state index contributed by atoms with van der Waals surface area (Å²) in [6.07, 6.45) is 6.96. The lowest BCUT2D eigenvalue weighted by atomic mass is 10.1. The number of hydrogen-bond donors (Lipinski definition) is 6. The Morgan fingerprint density at radius 1 is 1.37 bits per heavy atom. The minimum Gasteiger partial charge on any atom is -0.487 e. The number of allylic oxidation sites excluding steroid dienone is 1. The van der Waals surface area contributed by atoms with Gasteiger partial charge in [-0.3, -0.25) is 15.7 Å². The molecule has 0 aliphatic rings. The molecule has 1 rings (SSSR count). The molecule has 0 saturated carbocycles. The molecular formula is C18H29N4O4P. The molecule has 0 spiro atoms. The van der Waals surface area contributed by atoms with Crippen LogP contribution in [-0.4, -0.2) is 22.9 Å². The lowest BCUT2D eigenvalue weighted by molar-refractivity contribution is 0.346. The molecular weight excluding hydrogens is 367 g/mol. The van der Waals surface area contributed by atoms with Crippen LogP contribution >= 0.6 is 7.60 Å². The summed E-state index contributed by atoms with van der Waals surface area (Å²) in [4.78, 5) is 19.5. The maximum Gasteiger partial charge on any atom is 0.346 e. The Hall–Kier alpha value is -2.09. The van der Waals surface area contributed by atoms with Crippen LogP contribution in [0.2, 0.25) is 0 Å². The van der Waals surface area contributed by atoms with E-state index in [0.29, 0.717) is 23.6 Å². The first-order chi connectivity index (χ1) is 12.8. The van der Waals surface area contributed by atoms with Crippen LogP contribution in [0.15, 0.2) is 60.5 Å². The van der Waals surface area contributed by atoms with Gasteiger partial charge in [-0.2, -0.15) is 0 Å². The molecule has 1 aromatic rings. The Morgan fingerprint density at radius 2 is 2.04 bits per heavy atom. The van der Waals surface area contributed by atoms with Gasteiger partial charge in [0, 0.05) is 12.7 Å². The molecule has 9 heteroatoms. The lowest BCUT2D eigenvalue weighted by Crippen LogP contribution is -2.23. The van der Waals surface area contributed by atoms with Crippen molar-refractivity contribution in [2.45, 2.75) is 25.5 Å². The van der Waals surface area contributed by atoms with Gasteiger partial charge in [0.1, 0.15) is 18.1 Å². The van der Waals surface area contributed by atoms with E-state index in [0.717, 1.165) is 18.4 Å². The second kappa shape index (κ2) is 11.6. The van der Waals surface area contributed by atoms with E-state index in [9.17, 15) is 14.4 Å². The van der Waals surface area contributed by atoms with Crippen LogP contribution in [0, 0.1) is 0 Å². The van der Waals surface area contributed by atoms with E-state index >= 15 is 0 Å². The first-order valence-corrected chi connectivity index (χ1v) is 10.2. The number of ether oxygens (including phenoxy) is 1. The van der Waals surface area contributed by atoms with E-state index in [1.807, 2.05) is 6.08 Å². The standard InChI is InChI=1S/C18H29N4O4P/c1-3-5-6-14(4-2)11-21-18(27(23,24)25)15-7-9-17(10-8-15)26-13-16(19)12-22-20/h4,6-10,12,18,21-22H,2-3,5,11,13,19-20H2,1H3,(H2,23,24,25)/b14-6+,16-12-. The minimum atomic E-state index is -4.41. The summed E-state index contributed by atoms with van der Waals surface area (Å²) < 4.78 is 17.4. The molecule has 0 radical (unpaired) electrons. The number of nitrogens with two attached hydrogens (primary N) is 2. The summed E-state index contributed by atoms with van der Waals surface area (Å²) in [7, 11) is -4.41. The van der Waals surface area contributed by atoms with Crippen LogP contribution in [-0.2, 0) is 4.57 Å². The van der Waals surface area contributed by atoms with Crippen molar-refractivity contribution in [3.8, 4) is 5.75 Å². The van der Waals surface area contributed by atoms with Gasteiger partial charge < -0.3 is 25.7 Å². The zero-order valence-corrected chi connectivity index (χ0v) is 16.4. The van der Waals surface area contributed by atoms with Gasteiger partial charge >= 0.3 is 7.60 Å². The first-order valence-electron chi connectivity index (χ1n) is 8.55. The van der Waals surface area contributed by atoms with Crippen molar-refractivity contribution in [2.24, 2.45) is 11.6 Å². The van der Waals surface area contributed by atoms with Gasteiger partial charge in [-0.05, 0) is 29.7 Å². The Balaban J connectivity index is 2.84. The SMILES string of the molecule is C=C/C(=C\CCC)CNC(c1ccc(OC/C(N)=C/NN)cc1)P(=O)(O)O. The van der Waals surface area contributed by atoms with E-state index in [2.05, 4.69) is 24.2 Å². The average Bonchev–Trinajstić information content (AvgIpc) is 2.63. The summed E-state index contributed by atoms with van der Waals surface area (Å²) in [6.45, 7) is 6.24. The van der Waals surface area contributed by atoms with E-state index in [-0.39, 0.29) is 6.61 Å². The normalized spacial score (nSPS) is 13.9. The van der Waals surface area contributed by atoms with Gasteiger partial charge in [0.05, 0.1) is 5.70 Å². The van der Waals surface area contributed by atoms with Crippen LogP contribution in [0.1, 0.15) is 31.1 Å². The average molecular weight is 396 g/mol. The molecule has 1 aromatic carbocycles. The Bertz CT molecular complexity index is 698. The molecule has 27 heavy (non-hydrogen) atoms. The first kappa shape index (κ1) is 23.0. The fraction of sp³-hybridized carbons (Fsp3) is 0.333. The molecule has 1 atom stereocenters. The maximum atomic E-state index is 11.9. The summed E-state index contributed by atoms with van der Waals surface area (Å²) >= 11 is 0. The van der Waals surface area contributed by atoms with E-state index < -0.39 is 13.4 Å². The molecule has 1 unspecified atom stereocenters. The predicted octanol–water partition coefficient (Wildman–Crippen LogP) is 2.01. The van der Waals surface area contributed by atoms with Crippen LogP contribution < -0.4 is 27.1 Å². The van der Waals surface area contributed by atoms with Crippen LogP contribution in [0.5, 0.6) is 5.75 Å². The number of hydrazine groups is 1. The highest BCUT2D eigenvalue weighted by Gasteiger charge is 2.30. The third-order valence-corrected chi connectivity index (χ3v) is 4.82. The van der Waals surface area contributed by atoms with Crippen molar-refractivity contribution in [2.75, 3.05) is 13.2 Å². The van der Waals surface area contributed by atoms with Gasteiger partial charge in [0.25, 0.3) is 0 Å². The van der Waals surface area contributed by atoms with Gasteiger partial charge in [0.15, 0.2) is 0 Å². The van der Waals surface area contributed by atoms with E-state index in [1.54, 1.807) is 30.3 Å². The molecule has 0 heterocycles. The fourth-order valence-corrected chi connectivity index (χ4v) is 3.15. The molecule has 0 bridgehead atoms. The molecule has 0 saturated heterocycles. The fourth-order valence-electron chi connectivity index (χ4n) is 2.26. The van der Waals surface area contributed by atoms with Crippen molar-refractivity contribution in [3.63, 3.8) is 0 Å². The van der Waals surface area contributed by atoms with Crippen molar-refractivity contribution >= 4 is 7.60 Å².